The zero-order valence-corrected chi connectivity index (χ0v) is 11.5. The maximum atomic E-state index is 12.4. The van der Waals surface area contributed by atoms with Crippen molar-refractivity contribution in [1.29, 1.82) is 0 Å². The number of halogens is 3. The molecule has 1 aromatic heterocycles. The van der Waals surface area contributed by atoms with Gasteiger partial charge in [-0.2, -0.15) is 0 Å². The molecule has 0 aliphatic carbocycles. The van der Waals surface area contributed by atoms with E-state index < -0.39 is 32.9 Å². The monoisotopic (exact) mass is 315 g/mol. The lowest BCUT2D eigenvalue weighted by Gasteiger charge is -2.07. The molecule has 0 saturated heterocycles. The SMILES string of the molecule is CCCOC(=O)c1cc(S(=O)(=O)Cl)cn1CC(F)F. The molecular weight excluding hydrogens is 304 g/mol. The lowest BCUT2D eigenvalue weighted by molar-refractivity contribution is 0.0485. The summed E-state index contributed by atoms with van der Waals surface area (Å²) < 4.78 is 52.6. The molecule has 0 spiro atoms. The summed E-state index contributed by atoms with van der Waals surface area (Å²) in [7, 11) is 1.01. The maximum Gasteiger partial charge on any atom is 0.354 e. The zero-order chi connectivity index (χ0) is 14.6. The standard InChI is InChI=1S/C10H12ClF2NO4S/c1-2-3-18-10(15)8-4-7(19(11,16)17)5-14(8)6-9(12)13/h4-5,9H,2-3,6H2,1H3. The average Bonchev–Trinajstić information content (AvgIpc) is 2.68. The molecule has 0 aliphatic heterocycles. The zero-order valence-electron chi connectivity index (χ0n) is 9.98. The lowest BCUT2D eigenvalue weighted by Crippen LogP contribution is -2.15. The Hall–Kier alpha value is -1.15. The molecule has 0 atom stereocenters. The molecule has 9 heteroatoms. The summed E-state index contributed by atoms with van der Waals surface area (Å²) in [6.45, 7) is 1.06. The summed E-state index contributed by atoms with van der Waals surface area (Å²) in [4.78, 5) is 11.2. The van der Waals surface area contributed by atoms with Crippen LogP contribution in [0.25, 0.3) is 0 Å². The van der Waals surface area contributed by atoms with Gasteiger partial charge in [0.25, 0.3) is 15.5 Å². The first-order valence-electron chi connectivity index (χ1n) is 5.35. The fourth-order valence-corrected chi connectivity index (χ4v) is 2.11. The van der Waals surface area contributed by atoms with Gasteiger partial charge < -0.3 is 9.30 Å². The third-order valence-corrected chi connectivity index (χ3v) is 3.46. The van der Waals surface area contributed by atoms with Gasteiger partial charge in [-0.1, -0.05) is 6.92 Å². The molecule has 108 valence electrons. The van der Waals surface area contributed by atoms with Crippen LogP contribution in [0.3, 0.4) is 0 Å². The molecule has 0 N–H and O–H groups in total. The van der Waals surface area contributed by atoms with Crippen LogP contribution in [0.15, 0.2) is 17.2 Å². The van der Waals surface area contributed by atoms with Crippen LogP contribution in [0, 0.1) is 0 Å². The highest BCUT2D eigenvalue weighted by Gasteiger charge is 2.22. The molecule has 1 aromatic rings. The molecule has 0 radical (unpaired) electrons. The first-order chi connectivity index (χ1) is 8.75. The minimum atomic E-state index is -4.10. The van der Waals surface area contributed by atoms with E-state index in [1.807, 2.05) is 0 Å². The topological polar surface area (TPSA) is 65.4 Å². The Kier molecular flexibility index (Phi) is 5.30. The molecule has 0 fully saturated rings. The van der Waals surface area contributed by atoms with Crippen LogP contribution in [-0.2, 0) is 20.3 Å². The van der Waals surface area contributed by atoms with Crippen molar-refractivity contribution in [2.75, 3.05) is 6.61 Å². The molecule has 0 aromatic carbocycles. The third kappa shape index (κ3) is 4.46. The highest BCUT2D eigenvalue weighted by Crippen LogP contribution is 2.20. The van der Waals surface area contributed by atoms with Gasteiger partial charge in [0.2, 0.25) is 0 Å². The van der Waals surface area contributed by atoms with E-state index in [1.165, 1.54) is 0 Å². The summed E-state index contributed by atoms with van der Waals surface area (Å²) in [6.07, 6.45) is -1.30. The van der Waals surface area contributed by atoms with Crippen LogP contribution in [0.1, 0.15) is 23.8 Å². The molecule has 19 heavy (non-hydrogen) atoms. The highest BCUT2D eigenvalue weighted by molar-refractivity contribution is 8.13. The fourth-order valence-electron chi connectivity index (χ4n) is 1.36. The summed E-state index contributed by atoms with van der Waals surface area (Å²) >= 11 is 0. The second kappa shape index (κ2) is 6.33. The van der Waals surface area contributed by atoms with E-state index in [0.717, 1.165) is 16.8 Å². The molecular formula is C10H12ClF2NO4S. The number of hydrogen-bond acceptors (Lipinski definition) is 4. The highest BCUT2D eigenvalue weighted by atomic mass is 35.7. The normalized spacial score (nSPS) is 11.8. The third-order valence-electron chi connectivity index (χ3n) is 2.13. The maximum absolute atomic E-state index is 12.4. The summed E-state index contributed by atoms with van der Waals surface area (Å²) in [5.41, 5.74) is -0.270. The van der Waals surface area contributed by atoms with E-state index in [9.17, 15) is 22.0 Å². The number of nitrogens with zero attached hydrogens (tertiary/aromatic N) is 1. The van der Waals surface area contributed by atoms with Gasteiger partial charge in [-0.25, -0.2) is 22.0 Å². The lowest BCUT2D eigenvalue weighted by atomic mass is 10.4. The first-order valence-corrected chi connectivity index (χ1v) is 7.66. The van der Waals surface area contributed by atoms with Crippen molar-refractivity contribution < 1.29 is 26.7 Å². The van der Waals surface area contributed by atoms with E-state index in [4.69, 9.17) is 15.4 Å². The van der Waals surface area contributed by atoms with Crippen molar-refractivity contribution in [1.82, 2.24) is 4.57 Å². The van der Waals surface area contributed by atoms with Crippen molar-refractivity contribution in [3.8, 4) is 0 Å². The van der Waals surface area contributed by atoms with Crippen LogP contribution < -0.4 is 0 Å². The van der Waals surface area contributed by atoms with E-state index in [-0.39, 0.29) is 12.3 Å². The van der Waals surface area contributed by atoms with Gasteiger partial charge in [-0.15, -0.1) is 0 Å². The quantitative estimate of drug-likeness (QED) is 0.596. The Bertz CT molecular complexity index is 556. The second-order valence-corrected chi connectivity index (χ2v) is 6.24. The van der Waals surface area contributed by atoms with E-state index in [0.29, 0.717) is 6.42 Å². The largest absolute Gasteiger partial charge is 0.461 e. The fraction of sp³-hybridized carbons (Fsp3) is 0.500. The van der Waals surface area contributed by atoms with Gasteiger partial charge in [0.05, 0.1) is 13.2 Å². The molecule has 0 amide bonds. The number of esters is 1. The molecule has 0 unspecified atom stereocenters. The van der Waals surface area contributed by atoms with Crippen molar-refractivity contribution in [3.63, 3.8) is 0 Å². The number of ether oxygens (including phenoxy) is 1. The van der Waals surface area contributed by atoms with Crippen LogP contribution >= 0.6 is 10.7 Å². The number of alkyl halides is 2. The van der Waals surface area contributed by atoms with Crippen molar-refractivity contribution in [2.45, 2.75) is 31.2 Å². The number of rotatable bonds is 6. The van der Waals surface area contributed by atoms with Crippen molar-refractivity contribution in [2.24, 2.45) is 0 Å². The van der Waals surface area contributed by atoms with Crippen molar-refractivity contribution in [3.05, 3.63) is 18.0 Å². The second-order valence-electron chi connectivity index (χ2n) is 3.68. The van der Waals surface area contributed by atoms with Crippen molar-refractivity contribution >= 4 is 25.7 Å². The van der Waals surface area contributed by atoms with E-state index in [1.54, 1.807) is 6.92 Å². The van der Waals surface area contributed by atoms with Crippen LogP contribution in [0.4, 0.5) is 8.78 Å². The van der Waals surface area contributed by atoms with Gasteiger partial charge in [-0.05, 0) is 12.5 Å². The Morgan fingerprint density at radius 1 is 1.53 bits per heavy atom. The summed E-state index contributed by atoms with van der Waals surface area (Å²) in [5.74, 6) is -0.867. The van der Waals surface area contributed by atoms with Crippen LogP contribution in [-0.4, -0.2) is 32.0 Å². The Morgan fingerprint density at radius 3 is 2.63 bits per heavy atom. The minimum Gasteiger partial charge on any atom is -0.461 e. The van der Waals surface area contributed by atoms with Gasteiger partial charge in [0, 0.05) is 16.9 Å². The number of carbonyl (C=O) groups excluding carboxylic acids is 1. The molecule has 0 bridgehead atoms. The minimum absolute atomic E-state index is 0.113. The number of hydrogen-bond donors (Lipinski definition) is 0. The average molecular weight is 316 g/mol. The summed E-state index contributed by atoms with van der Waals surface area (Å²) in [5, 5.41) is 0. The van der Waals surface area contributed by atoms with Crippen LogP contribution in [0.2, 0.25) is 0 Å². The smallest absolute Gasteiger partial charge is 0.354 e. The Balaban J connectivity index is 3.12. The molecule has 0 aliphatic rings. The molecule has 1 heterocycles. The van der Waals surface area contributed by atoms with E-state index in [2.05, 4.69) is 0 Å². The predicted molar refractivity (Wildman–Crippen MR) is 64.0 cm³/mol. The molecule has 5 nitrogen and oxygen atoms in total. The van der Waals surface area contributed by atoms with Gasteiger partial charge in [0.15, 0.2) is 0 Å². The van der Waals surface area contributed by atoms with E-state index >= 15 is 0 Å². The first kappa shape index (κ1) is 15.9. The van der Waals surface area contributed by atoms with Crippen LogP contribution in [0.5, 0.6) is 0 Å². The summed E-state index contributed by atoms with van der Waals surface area (Å²) in [6, 6.07) is 0.919. The molecule has 0 saturated carbocycles. The van der Waals surface area contributed by atoms with Gasteiger partial charge in [-0.3, -0.25) is 0 Å². The molecule has 1 rings (SSSR count). The Morgan fingerprint density at radius 2 is 2.16 bits per heavy atom. The Labute approximate surface area is 113 Å². The number of aromatic nitrogens is 1. The number of carbonyl (C=O) groups is 1. The van der Waals surface area contributed by atoms with Gasteiger partial charge >= 0.3 is 5.97 Å². The van der Waals surface area contributed by atoms with Gasteiger partial charge in [0.1, 0.15) is 10.6 Å². The predicted octanol–water partition coefficient (Wildman–Crippen LogP) is 2.25.